The lowest BCUT2D eigenvalue weighted by molar-refractivity contribution is -0.137. The van der Waals surface area contributed by atoms with E-state index in [1.165, 1.54) is 11.1 Å². The van der Waals surface area contributed by atoms with Crippen LogP contribution in [0, 0.1) is 0 Å². The van der Waals surface area contributed by atoms with Gasteiger partial charge >= 0.3 is 0 Å². The minimum atomic E-state index is -0.743. The van der Waals surface area contributed by atoms with Crippen LogP contribution in [-0.2, 0) is 17.8 Å². The summed E-state index contributed by atoms with van der Waals surface area (Å²) in [5, 5.41) is 0. The first-order valence-corrected chi connectivity index (χ1v) is 7.59. The minimum Gasteiger partial charge on any atom is -0.336 e. The van der Waals surface area contributed by atoms with Crippen LogP contribution < -0.4 is 5.73 Å². The Bertz CT molecular complexity index is 485. The summed E-state index contributed by atoms with van der Waals surface area (Å²) in [4.78, 5) is 14.4. The molecule has 1 aromatic carbocycles. The van der Waals surface area contributed by atoms with Gasteiger partial charge in [0.1, 0.15) is 0 Å². The van der Waals surface area contributed by atoms with E-state index in [1.54, 1.807) is 0 Å². The molecule has 1 aliphatic heterocycles. The van der Waals surface area contributed by atoms with E-state index in [1.807, 2.05) is 24.0 Å². The number of halogens is 1. The number of carbonyl (C=O) groups excluding carboxylic acids is 1. The largest absolute Gasteiger partial charge is 0.336 e. The Morgan fingerprint density at radius 2 is 2.26 bits per heavy atom. The van der Waals surface area contributed by atoms with E-state index < -0.39 is 5.54 Å². The molecule has 2 N–H and O–H groups in total. The van der Waals surface area contributed by atoms with Gasteiger partial charge in [-0.2, -0.15) is 0 Å². The predicted molar refractivity (Wildman–Crippen MR) is 80.8 cm³/mol. The maximum absolute atomic E-state index is 12.5. The smallest absolute Gasteiger partial charge is 0.242 e. The molecule has 0 bridgehead atoms. The van der Waals surface area contributed by atoms with E-state index in [0.29, 0.717) is 6.54 Å². The van der Waals surface area contributed by atoms with Gasteiger partial charge in [-0.15, -0.1) is 0 Å². The van der Waals surface area contributed by atoms with Crippen molar-refractivity contribution >= 4 is 21.8 Å². The molecule has 4 heteroatoms. The highest BCUT2D eigenvalue weighted by Crippen LogP contribution is 2.28. The van der Waals surface area contributed by atoms with Gasteiger partial charge in [0.2, 0.25) is 5.91 Å². The number of fused-ring (bicyclic) bond motifs is 1. The lowest BCUT2D eigenvalue weighted by Crippen LogP contribution is -2.54. The third-order valence-corrected chi connectivity index (χ3v) is 4.50. The Morgan fingerprint density at radius 3 is 2.95 bits per heavy atom. The number of hydrogen-bond donors (Lipinski definition) is 1. The van der Waals surface area contributed by atoms with E-state index in [0.717, 1.165) is 30.3 Å². The van der Waals surface area contributed by atoms with E-state index in [2.05, 4.69) is 28.9 Å². The van der Waals surface area contributed by atoms with Crippen molar-refractivity contribution in [2.45, 2.75) is 45.2 Å². The second kappa shape index (κ2) is 5.63. The van der Waals surface area contributed by atoms with Crippen molar-refractivity contribution in [2.75, 3.05) is 6.54 Å². The lowest BCUT2D eigenvalue weighted by atomic mass is 9.93. The van der Waals surface area contributed by atoms with Crippen LogP contribution in [0.1, 0.15) is 37.8 Å². The maximum Gasteiger partial charge on any atom is 0.242 e. The molecule has 0 fully saturated rings. The molecule has 0 saturated carbocycles. The van der Waals surface area contributed by atoms with E-state index in [9.17, 15) is 4.79 Å². The van der Waals surface area contributed by atoms with Crippen molar-refractivity contribution in [2.24, 2.45) is 5.73 Å². The SMILES string of the molecule is CCCC(C)(N)C(=O)N1CCc2cccc(Br)c2C1. The zero-order valence-electron chi connectivity index (χ0n) is 11.6. The van der Waals surface area contributed by atoms with Gasteiger partial charge in [0.15, 0.2) is 0 Å². The van der Waals surface area contributed by atoms with Crippen LogP contribution in [0.2, 0.25) is 0 Å². The van der Waals surface area contributed by atoms with Crippen molar-refractivity contribution in [3.05, 3.63) is 33.8 Å². The summed E-state index contributed by atoms with van der Waals surface area (Å²) in [5.74, 6) is 0.0655. The van der Waals surface area contributed by atoms with Crippen LogP contribution >= 0.6 is 15.9 Å². The van der Waals surface area contributed by atoms with Crippen molar-refractivity contribution in [1.82, 2.24) is 4.90 Å². The van der Waals surface area contributed by atoms with Crippen molar-refractivity contribution in [3.63, 3.8) is 0 Å². The fourth-order valence-electron chi connectivity index (χ4n) is 2.70. The first kappa shape index (κ1) is 14.5. The highest BCUT2D eigenvalue weighted by molar-refractivity contribution is 9.10. The number of rotatable bonds is 3. The van der Waals surface area contributed by atoms with Crippen LogP contribution in [0.15, 0.2) is 22.7 Å². The molecule has 0 aromatic heterocycles. The number of amides is 1. The summed E-state index contributed by atoms with van der Waals surface area (Å²) >= 11 is 3.57. The van der Waals surface area contributed by atoms with Gasteiger partial charge < -0.3 is 10.6 Å². The van der Waals surface area contributed by atoms with E-state index >= 15 is 0 Å². The van der Waals surface area contributed by atoms with E-state index in [-0.39, 0.29) is 5.91 Å². The Morgan fingerprint density at radius 1 is 1.53 bits per heavy atom. The van der Waals surface area contributed by atoms with Crippen molar-refractivity contribution in [3.8, 4) is 0 Å². The number of carbonyl (C=O) groups is 1. The van der Waals surface area contributed by atoms with Gasteiger partial charge in [-0.1, -0.05) is 41.4 Å². The quantitative estimate of drug-likeness (QED) is 0.929. The molecule has 0 radical (unpaired) electrons. The third kappa shape index (κ3) is 3.00. The number of benzene rings is 1. The summed E-state index contributed by atoms with van der Waals surface area (Å²) in [7, 11) is 0. The monoisotopic (exact) mass is 324 g/mol. The average molecular weight is 325 g/mol. The molecule has 104 valence electrons. The third-order valence-electron chi connectivity index (χ3n) is 3.76. The summed E-state index contributed by atoms with van der Waals surface area (Å²) < 4.78 is 1.08. The zero-order valence-corrected chi connectivity index (χ0v) is 13.2. The normalized spacial score (nSPS) is 17.8. The predicted octanol–water partition coefficient (Wildman–Crippen LogP) is 2.85. The highest BCUT2D eigenvalue weighted by atomic mass is 79.9. The molecular formula is C15H21BrN2O. The van der Waals surface area contributed by atoms with Crippen LogP contribution in [0.4, 0.5) is 0 Å². The molecule has 1 atom stereocenters. The first-order valence-electron chi connectivity index (χ1n) is 6.80. The first-order chi connectivity index (χ1) is 8.95. The molecule has 0 saturated heterocycles. The Hall–Kier alpha value is -0.870. The summed E-state index contributed by atoms with van der Waals surface area (Å²) in [5.41, 5.74) is 7.96. The van der Waals surface area contributed by atoms with Crippen LogP contribution in [0.5, 0.6) is 0 Å². The van der Waals surface area contributed by atoms with Gasteiger partial charge in [0.25, 0.3) is 0 Å². The average Bonchev–Trinajstić information content (AvgIpc) is 2.38. The molecule has 19 heavy (non-hydrogen) atoms. The molecule has 2 rings (SSSR count). The van der Waals surface area contributed by atoms with Crippen LogP contribution in [0.3, 0.4) is 0 Å². The highest BCUT2D eigenvalue weighted by Gasteiger charge is 2.33. The number of hydrogen-bond acceptors (Lipinski definition) is 2. The second-order valence-corrected chi connectivity index (χ2v) is 6.38. The Balaban J connectivity index is 2.18. The van der Waals surface area contributed by atoms with E-state index in [4.69, 9.17) is 5.73 Å². The molecule has 0 aliphatic carbocycles. The molecule has 1 aromatic rings. The fourth-order valence-corrected chi connectivity index (χ4v) is 3.23. The Kier molecular flexibility index (Phi) is 4.31. The topological polar surface area (TPSA) is 46.3 Å². The molecule has 0 spiro atoms. The summed E-state index contributed by atoms with van der Waals surface area (Å²) in [6, 6.07) is 6.21. The van der Waals surface area contributed by atoms with Gasteiger partial charge in [0.05, 0.1) is 5.54 Å². The number of nitrogens with zero attached hydrogens (tertiary/aromatic N) is 1. The zero-order chi connectivity index (χ0) is 14.0. The number of nitrogens with two attached hydrogens (primary N) is 1. The van der Waals surface area contributed by atoms with Gasteiger partial charge in [-0.3, -0.25) is 4.79 Å². The summed E-state index contributed by atoms with van der Waals surface area (Å²) in [6.45, 7) is 5.32. The fraction of sp³-hybridized carbons (Fsp3) is 0.533. The molecule has 1 heterocycles. The van der Waals surface area contributed by atoms with Gasteiger partial charge in [0, 0.05) is 17.6 Å². The molecule has 1 amide bonds. The van der Waals surface area contributed by atoms with Gasteiger partial charge in [-0.05, 0) is 37.0 Å². The van der Waals surface area contributed by atoms with Crippen LogP contribution in [0.25, 0.3) is 0 Å². The minimum absolute atomic E-state index is 0.0655. The lowest BCUT2D eigenvalue weighted by Gasteiger charge is -2.35. The standard InChI is InChI=1S/C15H21BrN2O/c1-3-8-15(2,17)14(19)18-9-7-11-5-4-6-13(16)12(11)10-18/h4-6H,3,7-10,17H2,1-2H3. The van der Waals surface area contributed by atoms with Crippen molar-refractivity contribution in [1.29, 1.82) is 0 Å². The van der Waals surface area contributed by atoms with Crippen LogP contribution in [-0.4, -0.2) is 22.9 Å². The molecule has 1 aliphatic rings. The summed E-state index contributed by atoms with van der Waals surface area (Å²) in [6.07, 6.45) is 2.56. The molecular weight excluding hydrogens is 304 g/mol. The van der Waals surface area contributed by atoms with Crippen molar-refractivity contribution < 1.29 is 4.79 Å². The Labute approximate surface area is 123 Å². The maximum atomic E-state index is 12.5. The molecule has 1 unspecified atom stereocenters. The molecule has 3 nitrogen and oxygen atoms in total. The second-order valence-electron chi connectivity index (χ2n) is 5.52. The van der Waals surface area contributed by atoms with Gasteiger partial charge in [-0.25, -0.2) is 0 Å².